The van der Waals surface area contributed by atoms with Gasteiger partial charge in [-0.3, -0.25) is 0 Å². The average Bonchev–Trinajstić information content (AvgIpc) is 2.39. The van der Waals surface area contributed by atoms with Gasteiger partial charge < -0.3 is 0 Å². The van der Waals surface area contributed by atoms with Crippen LogP contribution in [-0.2, 0) is 15.9 Å². The maximum atomic E-state index is 12.9. The zero-order valence-corrected chi connectivity index (χ0v) is 15.3. The van der Waals surface area contributed by atoms with Crippen LogP contribution >= 0.6 is 11.6 Å². The number of hydrogen-bond acceptors (Lipinski definition) is 2. The van der Waals surface area contributed by atoms with Crippen LogP contribution in [0.5, 0.6) is 0 Å². The van der Waals surface area contributed by atoms with Crippen molar-refractivity contribution in [2.24, 2.45) is 5.92 Å². The van der Waals surface area contributed by atoms with Crippen LogP contribution in [0.2, 0.25) is 0 Å². The third kappa shape index (κ3) is 4.21. The van der Waals surface area contributed by atoms with Crippen molar-refractivity contribution in [1.29, 1.82) is 0 Å². The third-order valence-corrected chi connectivity index (χ3v) is 6.33. The number of alkyl halides is 1. The number of rotatable bonds is 6. The second kappa shape index (κ2) is 7.12. The van der Waals surface area contributed by atoms with Gasteiger partial charge in [-0.15, -0.1) is 11.6 Å². The molecule has 1 aromatic rings. The van der Waals surface area contributed by atoms with Gasteiger partial charge in [0, 0.05) is 19.0 Å². The molecule has 0 heterocycles. The molecule has 0 bridgehead atoms. The Balaban J connectivity index is 3.27. The van der Waals surface area contributed by atoms with Crippen LogP contribution in [0.3, 0.4) is 0 Å². The van der Waals surface area contributed by atoms with Crippen molar-refractivity contribution in [3.63, 3.8) is 0 Å². The molecule has 1 unspecified atom stereocenters. The molecule has 0 aromatic heterocycles. The first-order valence-electron chi connectivity index (χ1n) is 7.25. The largest absolute Gasteiger partial charge is 0.243 e. The van der Waals surface area contributed by atoms with Crippen LogP contribution in [0.25, 0.3) is 0 Å². The van der Waals surface area contributed by atoms with Crippen LogP contribution in [-0.4, -0.2) is 25.8 Å². The number of benzene rings is 1. The van der Waals surface area contributed by atoms with Gasteiger partial charge in [0.2, 0.25) is 10.0 Å². The zero-order valence-electron chi connectivity index (χ0n) is 13.8. The first-order valence-corrected chi connectivity index (χ1v) is 9.22. The Kier molecular flexibility index (Phi) is 6.26. The molecule has 120 valence electrons. The van der Waals surface area contributed by atoms with Gasteiger partial charge in [0.25, 0.3) is 0 Å². The maximum absolute atomic E-state index is 12.9. The first kappa shape index (κ1) is 18.5. The molecule has 0 aliphatic heterocycles. The van der Waals surface area contributed by atoms with Crippen LogP contribution in [0.4, 0.5) is 0 Å². The third-order valence-electron chi connectivity index (χ3n) is 3.92. The highest BCUT2D eigenvalue weighted by atomic mass is 35.5. The van der Waals surface area contributed by atoms with Gasteiger partial charge >= 0.3 is 0 Å². The standard InChI is InChI=1S/C16H26ClNO2S/c1-11(2)7-13(4)18(6)21(19,20)16-9-15(10-17)8-12(3)14(16)5/h8-9,11,13H,7,10H2,1-6H3. The van der Waals surface area contributed by atoms with E-state index in [1.807, 2.05) is 26.8 Å². The van der Waals surface area contributed by atoms with Crippen LogP contribution in [0.15, 0.2) is 17.0 Å². The molecule has 0 aliphatic rings. The zero-order chi connectivity index (χ0) is 16.4. The molecule has 0 fully saturated rings. The summed E-state index contributed by atoms with van der Waals surface area (Å²) < 4.78 is 27.2. The molecule has 0 saturated carbocycles. The summed E-state index contributed by atoms with van der Waals surface area (Å²) in [5.74, 6) is 0.768. The Labute approximate surface area is 134 Å². The van der Waals surface area contributed by atoms with E-state index in [4.69, 9.17) is 11.6 Å². The van der Waals surface area contributed by atoms with Gasteiger partial charge in [-0.1, -0.05) is 19.9 Å². The quantitative estimate of drug-likeness (QED) is 0.736. The second-order valence-corrected chi connectivity index (χ2v) is 8.40. The molecular formula is C16H26ClNO2S. The number of sulfonamides is 1. The van der Waals surface area contributed by atoms with Crippen molar-refractivity contribution in [3.8, 4) is 0 Å². The van der Waals surface area contributed by atoms with E-state index < -0.39 is 10.0 Å². The van der Waals surface area contributed by atoms with Crippen LogP contribution in [0, 0.1) is 19.8 Å². The van der Waals surface area contributed by atoms with Gasteiger partial charge in [0.1, 0.15) is 0 Å². The smallest absolute Gasteiger partial charge is 0.207 e. The van der Waals surface area contributed by atoms with Crippen molar-refractivity contribution in [2.45, 2.75) is 57.9 Å². The van der Waals surface area contributed by atoms with Crippen LogP contribution in [0.1, 0.15) is 43.9 Å². The van der Waals surface area contributed by atoms with Gasteiger partial charge in [0.15, 0.2) is 0 Å². The van der Waals surface area contributed by atoms with E-state index in [1.165, 1.54) is 4.31 Å². The normalized spacial score (nSPS) is 14.0. The number of nitrogens with zero attached hydrogens (tertiary/aromatic N) is 1. The van der Waals surface area contributed by atoms with E-state index in [-0.39, 0.29) is 6.04 Å². The lowest BCUT2D eigenvalue weighted by molar-refractivity contribution is 0.337. The van der Waals surface area contributed by atoms with Crippen molar-refractivity contribution in [3.05, 3.63) is 28.8 Å². The Morgan fingerprint density at radius 2 is 1.76 bits per heavy atom. The summed E-state index contributed by atoms with van der Waals surface area (Å²) in [6, 6.07) is 3.61. The van der Waals surface area contributed by atoms with Gasteiger partial charge in [-0.05, 0) is 55.9 Å². The summed E-state index contributed by atoms with van der Waals surface area (Å²) in [6.07, 6.45) is 0.836. The molecule has 0 saturated heterocycles. The van der Waals surface area contributed by atoms with E-state index in [0.29, 0.717) is 16.7 Å². The highest BCUT2D eigenvalue weighted by Gasteiger charge is 2.28. The number of halogens is 1. The molecule has 21 heavy (non-hydrogen) atoms. The molecule has 0 amide bonds. The summed E-state index contributed by atoms with van der Waals surface area (Å²) in [6.45, 7) is 9.91. The molecule has 0 radical (unpaired) electrons. The molecule has 5 heteroatoms. The molecular weight excluding hydrogens is 306 g/mol. The molecule has 0 spiro atoms. The summed E-state index contributed by atoms with van der Waals surface area (Å²) in [5, 5.41) is 0. The minimum absolute atomic E-state index is 0.0330. The molecule has 3 nitrogen and oxygen atoms in total. The minimum atomic E-state index is -3.49. The lowest BCUT2D eigenvalue weighted by Gasteiger charge is -2.27. The summed E-state index contributed by atoms with van der Waals surface area (Å²) in [7, 11) is -1.84. The lowest BCUT2D eigenvalue weighted by Crippen LogP contribution is -2.36. The fraction of sp³-hybridized carbons (Fsp3) is 0.625. The first-order chi connectivity index (χ1) is 9.61. The maximum Gasteiger partial charge on any atom is 0.243 e. The Bertz CT molecular complexity index is 597. The van der Waals surface area contributed by atoms with Crippen molar-refractivity contribution in [2.75, 3.05) is 7.05 Å². The molecule has 1 rings (SSSR count). The highest BCUT2D eigenvalue weighted by molar-refractivity contribution is 7.89. The number of aryl methyl sites for hydroxylation is 1. The molecule has 1 aromatic carbocycles. The van der Waals surface area contributed by atoms with E-state index in [2.05, 4.69) is 13.8 Å². The van der Waals surface area contributed by atoms with Gasteiger partial charge in [0.05, 0.1) is 4.90 Å². The van der Waals surface area contributed by atoms with Crippen molar-refractivity contribution < 1.29 is 8.42 Å². The highest BCUT2D eigenvalue weighted by Crippen LogP contribution is 2.26. The predicted octanol–water partition coefficient (Wildman–Crippen LogP) is 4.10. The van der Waals surface area contributed by atoms with Crippen LogP contribution < -0.4 is 0 Å². The molecule has 0 aliphatic carbocycles. The Morgan fingerprint density at radius 3 is 2.24 bits per heavy atom. The Hall–Kier alpha value is -0.580. The average molecular weight is 332 g/mol. The minimum Gasteiger partial charge on any atom is -0.207 e. The summed E-state index contributed by atoms with van der Waals surface area (Å²) >= 11 is 5.88. The Morgan fingerprint density at radius 1 is 1.19 bits per heavy atom. The SMILES string of the molecule is Cc1cc(CCl)cc(S(=O)(=O)N(C)C(C)CC(C)C)c1C. The van der Waals surface area contributed by atoms with Crippen molar-refractivity contribution in [1.82, 2.24) is 4.31 Å². The number of hydrogen-bond donors (Lipinski definition) is 0. The summed E-state index contributed by atoms with van der Waals surface area (Å²) in [4.78, 5) is 0.372. The van der Waals surface area contributed by atoms with Crippen molar-refractivity contribution >= 4 is 21.6 Å². The lowest BCUT2D eigenvalue weighted by atomic mass is 10.1. The fourth-order valence-electron chi connectivity index (χ4n) is 2.47. The predicted molar refractivity (Wildman–Crippen MR) is 89.3 cm³/mol. The van der Waals surface area contributed by atoms with E-state index in [1.54, 1.807) is 13.1 Å². The second-order valence-electron chi connectivity index (χ2n) is 6.17. The monoisotopic (exact) mass is 331 g/mol. The van der Waals surface area contributed by atoms with E-state index in [9.17, 15) is 8.42 Å². The summed E-state index contributed by atoms with van der Waals surface area (Å²) in [5.41, 5.74) is 2.59. The fourth-order valence-corrected chi connectivity index (χ4v) is 4.34. The molecule has 0 N–H and O–H groups in total. The van der Waals surface area contributed by atoms with Gasteiger partial charge in [-0.2, -0.15) is 4.31 Å². The topological polar surface area (TPSA) is 37.4 Å². The van der Waals surface area contributed by atoms with E-state index in [0.717, 1.165) is 23.1 Å². The molecule has 1 atom stereocenters. The van der Waals surface area contributed by atoms with E-state index >= 15 is 0 Å². The van der Waals surface area contributed by atoms with Gasteiger partial charge in [-0.25, -0.2) is 8.42 Å².